The molecule has 2 aromatic heterocycles. The third kappa shape index (κ3) is 4.45. The summed E-state index contributed by atoms with van der Waals surface area (Å²) < 4.78 is 38.6. The zero-order chi connectivity index (χ0) is 22.2. The Morgan fingerprint density at radius 3 is 2.61 bits per heavy atom. The molecule has 0 saturated carbocycles. The number of nitrogens with zero attached hydrogens (tertiary/aromatic N) is 3. The molecule has 31 heavy (non-hydrogen) atoms. The molecule has 0 unspecified atom stereocenters. The number of pyridine rings is 1. The molecule has 1 aliphatic rings. The summed E-state index contributed by atoms with van der Waals surface area (Å²) in [4.78, 5) is 24.3. The highest BCUT2D eigenvalue weighted by molar-refractivity contribution is 7.12. The first-order chi connectivity index (χ1) is 14.8. The Hall–Kier alpha value is -2.45. The summed E-state index contributed by atoms with van der Waals surface area (Å²) in [6.45, 7) is 2.57. The van der Waals surface area contributed by atoms with E-state index in [4.69, 9.17) is 16.6 Å². The molecule has 0 N–H and O–H groups in total. The topological polar surface area (TPSA) is 46.1 Å². The lowest BCUT2D eigenvalue weighted by atomic mass is 9.96. The van der Waals surface area contributed by atoms with Gasteiger partial charge in [-0.3, -0.25) is 4.79 Å². The first-order valence-corrected chi connectivity index (χ1v) is 11.0. The molecular formula is C22H19ClF3N3OS. The lowest BCUT2D eigenvalue weighted by Gasteiger charge is -2.41. The Labute approximate surface area is 186 Å². The van der Waals surface area contributed by atoms with Crippen LogP contribution in [0.4, 0.5) is 19.0 Å². The summed E-state index contributed by atoms with van der Waals surface area (Å²) in [6, 6.07) is 10.2. The van der Waals surface area contributed by atoms with Gasteiger partial charge in [0.2, 0.25) is 0 Å². The van der Waals surface area contributed by atoms with Crippen molar-refractivity contribution in [2.45, 2.75) is 38.4 Å². The number of hydrogen-bond acceptors (Lipinski definition) is 5. The number of hydrogen-bond donors (Lipinski definition) is 0. The molecule has 0 amide bonds. The van der Waals surface area contributed by atoms with Crippen molar-refractivity contribution in [3.8, 4) is 11.3 Å². The molecule has 1 aromatic carbocycles. The minimum atomic E-state index is -4.52. The molecule has 162 valence electrons. The van der Waals surface area contributed by atoms with E-state index in [9.17, 15) is 18.0 Å². The molecule has 3 aromatic rings. The fourth-order valence-electron chi connectivity index (χ4n) is 3.58. The standard InChI is InChI=1S/C22H19ClF3N3OS/c1-2-18-20(13-6-4-3-5-7-13)28-19(31-18)11-17(30)16-8-9-29(16)21-15(23)10-14(12-27-21)22(24,25)26/h3-7,10,12,16H,2,8-9,11H2,1H3/t16-/m0/s1. The van der Waals surface area contributed by atoms with E-state index in [-0.39, 0.29) is 23.0 Å². The molecule has 1 saturated heterocycles. The number of thiazole rings is 1. The van der Waals surface area contributed by atoms with Gasteiger partial charge in [0.1, 0.15) is 10.8 Å². The highest BCUT2D eigenvalue weighted by Crippen LogP contribution is 2.37. The van der Waals surface area contributed by atoms with Gasteiger partial charge in [-0.25, -0.2) is 9.97 Å². The lowest BCUT2D eigenvalue weighted by Crippen LogP contribution is -2.53. The monoisotopic (exact) mass is 465 g/mol. The number of benzene rings is 1. The van der Waals surface area contributed by atoms with Gasteiger partial charge in [0.15, 0.2) is 5.78 Å². The third-order valence-electron chi connectivity index (χ3n) is 5.25. The summed E-state index contributed by atoms with van der Waals surface area (Å²) in [5.41, 5.74) is 1.00. The molecule has 1 aliphatic heterocycles. The average molecular weight is 466 g/mol. The second-order valence-electron chi connectivity index (χ2n) is 7.27. The smallest absolute Gasteiger partial charge is 0.345 e. The van der Waals surface area contributed by atoms with Gasteiger partial charge in [-0.2, -0.15) is 13.2 Å². The first kappa shape index (κ1) is 21.8. The second kappa shape index (κ2) is 8.59. The van der Waals surface area contributed by atoms with Crippen LogP contribution in [-0.2, 0) is 23.8 Å². The van der Waals surface area contributed by atoms with Crippen molar-refractivity contribution >= 4 is 34.5 Å². The molecule has 9 heteroatoms. The van der Waals surface area contributed by atoms with Crippen LogP contribution in [0.5, 0.6) is 0 Å². The van der Waals surface area contributed by atoms with E-state index < -0.39 is 17.8 Å². The molecule has 0 spiro atoms. The summed E-state index contributed by atoms with van der Waals surface area (Å²) in [5.74, 6) is 0.164. The number of rotatable bonds is 6. The Morgan fingerprint density at radius 2 is 2.03 bits per heavy atom. The van der Waals surface area contributed by atoms with Crippen LogP contribution in [0.2, 0.25) is 5.02 Å². The largest absolute Gasteiger partial charge is 0.417 e. The predicted octanol–water partition coefficient (Wildman–Crippen LogP) is 5.83. The SMILES string of the molecule is CCc1sc(CC(=O)[C@@H]2CCN2c2ncc(C(F)(F)F)cc2Cl)nc1-c1ccccc1. The number of Topliss-reactive ketones (excluding diaryl/α,β-unsaturated/α-hetero) is 1. The fraction of sp³-hybridized carbons (Fsp3) is 0.318. The van der Waals surface area contributed by atoms with Crippen LogP contribution in [0.1, 0.15) is 28.8 Å². The second-order valence-corrected chi connectivity index (χ2v) is 8.84. The van der Waals surface area contributed by atoms with Gasteiger partial charge >= 0.3 is 6.18 Å². The number of aryl methyl sites for hydroxylation is 1. The Kier molecular flexibility index (Phi) is 6.03. The van der Waals surface area contributed by atoms with Crippen molar-refractivity contribution in [1.29, 1.82) is 0 Å². The predicted molar refractivity (Wildman–Crippen MR) is 116 cm³/mol. The van der Waals surface area contributed by atoms with E-state index in [1.807, 2.05) is 30.3 Å². The summed E-state index contributed by atoms with van der Waals surface area (Å²) in [6.07, 6.45) is -2.17. The number of carbonyl (C=O) groups is 1. The van der Waals surface area contributed by atoms with Crippen LogP contribution < -0.4 is 4.90 Å². The molecular weight excluding hydrogens is 447 g/mol. The first-order valence-electron chi connectivity index (χ1n) is 9.84. The highest BCUT2D eigenvalue weighted by atomic mass is 35.5. The van der Waals surface area contributed by atoms with Gasteiger partial charge in [0.25, 0.3) is 0 Å². The van der Waals surface area contributed by atoms with Crippen molar-refractivity contribution in [2.75, 3.05) is 11.4 Å². The Balaban J connectivity index is 1.51. The molecule has 1 atom stereocenters. The number of halogens is 4. The summed E-state index contributed by atoms with van der Waals surface area (Å²) in [5, 5.41) is 0.625. The van der Waals surface area contributed by atoms with Crippen LogP contribution in [0, 0.1) is 0 Å². The summed E-state index contributed by atoms with van der Waals surface area (Å²) >= 11 is 7.58. The van der Waals surface area contributed by atoms with Gasteiger partial charge in [-0.15, -0.1) is 11.3 Å². The number of anilines is 1. The number of aromatic nitrogens is 2. The number of ketones is 1. The van der Waals surface area contributed by atoms with Crippen LogP contribution in [0.25, 0.3) is 11.3 Å². The number of alkyl halides is 3. The van der Waals surface area contributed by atoms with Gasteiger partial charge in [0, 0.05) is 23.2 Å². The molecule has 0 aliphatic carbocycles. The van der Waals surface area contributed by atoms with Crippen LogP contribution >= 0.6 is 22.9 Å². The van der Waals surface area contributed by atoms with Crippen LogP contribution in [-0.4, -0.2) is 28.3 Å². The normalized spacial score (nSPS) is 16.3. The maximum atomic E-state index is 12.9. The minimum Gasteiger partial charge on any atom is -0.345 e. The van der Waals surface area contributed by atoms with Crippen molar-refractivity contribution in [3.63, 3.8) is 0 Å². The fourth-order valence-corrected chi connectivity index (χ4v) is 4.89. The van der Waals surface area contributed by atoms with E-state index in [1.165, 1.54) is 11.3 Å². The maximum Gasteiger partial charge on any atom is 0.417 e. The van der Waals surface area contributed by atoms with Gasteiger partial charge < -0.3 is 4.90 Å². The van der Waals surface area contributed by atoms with Gasteiger partial charge in [-0.05, 0) is 18.9 Å². The average Bonchev–Trinajstić information content (AvgIpc) is 3.11. The van der Waals surface area contributed by atoms with E-state index in [0.29, 0.717) is 13.0 Å². The van der Waals surface area contributed by atoms with Gasteiger partial charge in [-0.1, -0.05) is 48.9 Å². The van der Waals surface area contributed by atoms with E-state index in [1.54, 1.807) is 4.90 Å². The maximum absolute atomic E-state index is 12.9. The quantitative estimate of drug-likeness (QED) is 0.459. The van der Waals surface area contributed by atoms with Gasteiger partial charge in [0.05, 0.1) is 28.7 Å². The summed E-state index contributed by atoms with van der Waals surface area (Å²) in [7, 11) is 0. The van der Waals surface area contributed by atoms with Crippen molar-refractivity contribution in [3.05, 3.63) is 63.1 Å². The van der Waals surface area contributed by atoms with E-state index in [0.717, 1.165) is 39.8 Å². The molecule has 4 rings (SSSR count). The molecule has 0 bridgehead atoms. The Morgan fingerprint density at radius 1 is 1.29 bits per heavy atom. The lowest BCUT2D eigenvalue weighted by molar-refractivity contribution is -0.137. The third-order valence-corrected chi connectivity index (χ3v) is 6.73. The Bertz CT molecular complexity index is 1100. The van der Waals surface area contributed by atoms with Crippen LogP contribution in [0.15, 0.2) is 42.6 Å². The molecule has 0 radical (unpaired) electrons. The molecule has 3 heterocycles. The zero-order valence-electron chi connectivity index (χ0n) is 16.6. The molecule has 1 fully saturated rings. The van der Waals surface area contributed by atoms with Crippen LogP contribution in [0.3, 0.4) is 0 Å². The minimum absolute atomic E-state index is 0.0416. The van der Waals surface area contributed by atoms with Crippen molar-refractivity contribution in [1.82, 2.24) is 9.97 Å². The zero-order valence-corrected chi connectivity index (χ0v) is 18.2. The number of carbonyl (C=O) groups excluding carboxylic acids is 1. The molecule has 4 nitrogen and oxygen atoms in total. The van der Waals surface area contributed by atoms with E-state index in [2.05, 4.69) is 11.9 Å². The van der Waals surface area contributed by atoms with E-state index >= 15 is 0 Å². The van der Waals surface area contributed by atoms with Crippen molar-refractivity contribution < 1.29 is 18.0 Å². The highest BCUT2D eigenvalue weighted by Gasteiger charge is 2.38. The van der Waals surface area contributed by atoms with Crippen molar-refractivity contribution in [2.24, 2.45) is 0 Å².